The molecule has 0 N–H and O–H groups in total. The third-order valence-electron chi connectivity index (χ3n) is 12.4. The number of phosphoric acid groups is 1. The van der Waals surface area contributed by atoms with E-state index >= 15 is 0 Å². The van der Waals surface area contributed by atoms with Gasteiger partial charge in [0.15, 0.2) is 0 Å². The monoisotopic (exact) mass is 1010 g/mol. The van der Waals surface area contributed by atoms with Crippen LogP contribution in [-0.2, 0) is 27.9 Å². The zero-order chi connectivity index (χ0) is 51.9. The Labute approximate surface area is 439 Å². The molecule has 0 aromatic carbocycles. The summed E-state index contributed by atoms with van der Waals surface area (Å²) in [6.07, 6.45) is 73.3. The SMILES string of the molecule is CC/C=C\C/C=C\C/C=C\C/C=C\C/C=C\CCCCCCCCCCCCOCC(COP(=O)([O-])OCC[N+](C)(C)C)OC(=O)CCCCCCCCCCCCC/C=C\C/C=C\CCCCCCC. The second-order valence-electron chi connectivity index (χ2n) is 20.6. The van der Waals surface area contributed by atoms with Crippen molar-refractivity contribution in [3.05, 3.63) is 85.1 Å². The lowest BCUT2D eigenvalue weighted by atomic mass is 10.0. The molecule has 0 saturated carbocycles. The number of carbonyl (C=O) groups excluding carboxylic acids is 1. The van der Waals surface area contributed by atoms with Gasteiger partial charge in [-0.1, -0.05) is 234 Å². The van der Waals surface area contributed by atoms with Gasteiger partial charge in [-0.15, -0.1) is 0 Å². The molecule has 0 amide bonds. The van der Waals surface area contributed by atoms with Crippen molar-refractivity contribution in [1.82, 2.24) is 0 Å². The summed E-state index contributed by atoms with van der Waals surface area (Å²) >= 11 is 0. The number of hydrogen-bond donors (Lipinski definition) is 0. The minimum absolute atomic E-state index is 0.0215. The van der Waals surface area contributed by atoms with E-state index in [4.69, 9.17) is 18.5 Å². The zero-order valence-corrected chi connectivity index (χ0v) is 47.8. The van der Waals surface area contributed by atoms with E-state index < -0.39 is 13.9 Å². The fourth-order valence-electron chi connectivity index (χ4n) is 7.96. The molecule has 0 aliphatic heterocycles. The number of ether oxygens (including phenoxy) is 2. The van der Waals surface area contributed by atoms with E-state index in [9.17, 15) is 14.3 Å². The van der Waals surface area contributed by atoms with Crippen LogP contribution in [0.4, 0.5) is 0 Å². The maximum absolute atomic E-state index is 12.8. The molecule has 0 bridgehead atoms. The van der Waals surface area contributed by atoms with Crippen molar-refractivity contribution in [3.63, 3.8) is 0 Å². The number of rotatable bonds is 54. The Morgan fingerprint density at radius 1 is 0.451 bits per heavy atom. The molecule has 71 heavy (non-hydrogen) atoms. The first-order chi connectivity index (χ1) is 34.6. The normalized spacial score (nSPS) is 14.1. The molecule has 0 rings (SSSR count). The second-order valence-corrected chi connectivity index (χ2v) is 22.0. The predicted octanol–water partition coefficient (Wildman–Crippen LogP) is 18.1. The number of likely N-dealkylation sites (N-methyl/N-ethyl adjacent to an activating group) is 1. The van der Waals surface area contributed by atoms with Gasteiger partial charge in [0.25, 0.3) is 7.82 Å². The molecule has 0 aliphatic rings. The van der Waals surface area contributed by atoms with Crippen molar-refractivity contribution in [1.29, 1.82) is 0 Å². The summed E-state index contributed by atoms with van der Waals surface area (Å²) in [5.74, 6) is -0.338. The van der Waals surface area contributed by atoms with Gasteiger partial charge in [0.05, 0.1) is 34.4 Å². The summed E-state index contributed by atoms with van der Waals surface area (Å²) < 4.78 is 34.9. The number of allylic oxidation sites excluding steroid dienone is 14. The highest BCUT2D eigenvalue weighted by atomic mass is 31.2. The minimum atomic E-state index is -4.54. The van der Waals surface area contributed by atoms with E-state index in [1.807, 2.05) is 21.1 Å². The van der Waals surface area contributed by atoms with Crippen LogP contribution >= 0.6 is 7.82 Å². The Hall–Kier alpha value is -2.32. The zero-order valence-electron chi connectivity index (χ0n) is 46.9. The maximum Gasteiger partial charge on any atom is 0.306 e. The lowest BCUT2D eigenvalue weighted by Gasteiger charge is -2.28. The van der Waals surface area contributed by atoms with Crippen LogP contribution in [0.15, 0.2) is 85.1 Å². The quantitative estimate of drug-likeness (QED) is 0.0197. The van der Waals surface area contributed by atoms with E-state index in [2.05, 4.69) is 98.9 Å². The average Bonchev–Trinajstić information content (AvgIpc) is 3.33. The third kappa shape index (κ3) is 58.4. The largest absolute Gasteiger partial charge is 0.756 e. The van der Waals surface area contributed by atoms with Crippen LogP contribution in [0.5, 0.6) is 0 Å². The van der Waals surface area contributed by atoms with Gasteiger partial charge >= 0.3 is 5.97 Å². The molecule has 0 aromatic heterocycles. The molecule has 0 spiro atoms. The molecule has 0 heterocycles. The smallest absolute Gasteiger partial charge is 0.306 e. The highest BCUT2D eigenvalue weighted by Gasteiger charge is 2.20. The van der Waals surface area contributed by atoms with Gasteiger partial charge in [0.2, 0.25) is 0 Å². The van der Waals surface area contributed by atoms with Crippen LogP contribution in [0.1, 0.15) is 245 Å². The number of carbonyl (C=O) groups is 1. The van der Waals surface area contributed by atoms with Crippen LogP contribution in [0.3, 0.4) is 0 Å². The van der Waals surface area contributed by atoms with E-state index in [-0.39, 0.29) is 25.8 Å². The van der Waals surface area contributed by atoms with Crippen LogP contribution < -0.4 is 4.89 Å². The van der Waals surface area contributed by atoms with Crippen molar-refractivity contribution < 1.29 is 37.3 Å². The van der Waals surface area contributed by atoms with Crippen molar-refractivity contribution in [2.24, 2.45) is 0 Å². The lowest BCUT2D eigenvalue weighted by Crippen LogP contribution is -2.37. The summed E-state index contributed by atoms with van der Waals surface area (Å²) in [4.78, 5) is 25.3. The van der Waals surface area contributed by atoms with Gasteiger partial charge in [-0.05, 0) is 89.9 Å². The lowest BCUT2D eigenvalue weighted by molar-refractivity contribution is -0.870. The van der Waals surface area contributed by atoms with E-state index in [0.717, 1.165) is 70.6 Å². The molecule has 0 radical (unpaired) electrons. The topological polar surface area (TPSA) is 94.1 Å². The Bertz CT molecular complexity index is 1410. The first-order valence-electron chi connectivity index (χ1n) is 29.3. The number of quaternary nitrogens is 1. The van der Waals surface area contributed by atoms with Gasteiger partial charge in [-0.2, -0.15) is 0 Å². The molecule has 9 heteroatoms. The summed E-state index contributed by atoms with van der Waals surface area (Å²) in [6.45, 7) is 5.29. The first kappa shape index (κ1) is 68.7. The van der Waals surface area contributed by atoms with Gasteiger partial charge in [-0.3, -0.25) is 9.36 Å². The van der Waals surface area contributed by atoms with Gasteiger partial charge in [0.1, 0.15) is 19.3 Å². The molecule has 0 saturated heterocycles. The number of unbranched alkanes of at least 4 members (excludes halogenated alkanes) is 26. The van der Waals surface area contributed by atoms with Crippen LogP contribution in [0.2, 0.25) is 0 Å². The predicted molar refractivity (Wildman–Crippen MR) is 305 cm³/mol. The van der Waals surface area contributed by atoms with Gasteiger partial charge in [0, 0.05) is 13.0 Å². The molecule has 2 atom stereocenters. The third-order valence-corrected chi connectivity index (χ3v) is 13.4. The number of esters is 1. The van der Waals surface area contributed by atoms with Crippen molar-refractivity contribution >= 4 is 13.8 Å². The highest BCUT2D eigenvalue weighted by molar-refractivity contribution is 7.45. The van der Waals surface area contributed by atoms with Crippen molar-refractivity contribution in [3.8, 4) is 0 Å². The summed E-state index contributed by atoms with van der Waals surface area (Å²) in [5, 5.41) is 0. The second kappa shape index (κ2) is 54.0. The number of nitrogens with zero attached hydrogens (tertiary/aromatic N) is 1. The minimum Gasteiger partial charge on any atom is -0.756 e. The van der Waals surface area contributed by atoms with Crippen LogP contribution in [0, 0.1) is 0 Å². The van der Waals surface area contributed by atoms with E-state index in [0.29, 0.717) is 24.1 Å². The molecular weight excluding hydrogens is 902 g/mol. The number of hydrogen-bond acceptors (Lipinski definition) is 7. The molecule has 2 unspecified atom stereocenters. The Morgan fingerprint density at radius 2 is 0.817 bits per heavy atom. The molecule has 0 aromatic rings. The van der Waals surface area contributed by atoms with Crippen molar-refractivity contribution in [2.75, 3.05) is 54.1 Å². The summed E-state index contributed by atoms with van der Waals surface area (Å²) in [5.41, 5.74) is 0. The van der Waals surface area contributed by atoms with Gasteiger partial charge in [-0.25, -0.2) is 0 Å². The summed E-state index contributed by atoms with van der Waals surface area (Å²) in [7, 11) is 1.35. The molecular formula is C62H112NO7P. The standard InChI is InChI=1S/C62H112NO7P/c1-6-8-10-12-14-16-18-20-22-24-26-28-30-31-32-34-36-38-40-42-44-46-48-50-52-54-57-67-59-61(60-69-71(65,66)68-58-56-63(3,4)5)70-62(64)55-53-51-49-47-45-43-41-39-37-35-33-29-27-25-23-21-19-17-15-13-11-9-7-2/h8,10,14,16,19-22,25-28,31-32,61H,6-7,9,11-13,15,17-18,23-24,29-30,33-60H2,1-5H3/b10-8-,16-14-,21-19-,22-20-,27-25-,28-26-,32-31-. The van der Waals surface area contributed by atoms with E-state index in [1.54, 1.807) is 0 Å². The fourth-order valence-corrected chi connectivity index (χ4v) is 8.69. The van der Waals surface area contributed by atoms with E-state index in [1.165, 1.54) is 154 Å². The Balaban J connectivity index is 4.09. The Morgan fingerprint density at radius 3 is 1.23 bits per heavy atom. The average molecular weight is 1010 g/mol. The van der Waals surface area contributed by atoms with Crippen LogP contribution in [0.25, 0.3) is 0 Å². The highest BCUT2D eigenvalue weighted by Crippen LogP contribution is 2.38. The van der Waals surface area contributed by atoms with Gasteiger partial charge < -0.3 is 27.9 Å². The van der Waals surface area contributed by atoms with Crippen LogP contribution in [-0.4, -0.2) is 70.7 Å². The number of phosphoric ester groups is 1. The summed E-state index contributed by atoms with van der Waals surface area (Å²) in [6, 6.07) is 0. The molecule has 412 valence electrons. The molecule has 0 aliphatic carbocycles. The Kier molecular flexibility index (Phi) is 52.2. The first-order valence-corrected chi connectivity index (χ1v) is 30.8. The fraction of sp³-hybridized carbons (Fsp3) is 0.758. The van der Waals surface area contributed by atoms with Crippen molar-refractivity contribution in [2.45, 2.75) is 251 Å². The maximum atomic E-state index is 12.8. The molecule has 8 nitrogen and oxygen atoms in total. The molecule has 0 fully saturated rings.